The van der Waals surface area contributed by atoms with Crippen LogP contribution in [0.25, 0.3) is 11.0 Å². The van der Waals surface area contributed by atoms with Crippen molar-refractivity contribution in [1.29, 1.82) is 0 Å². The Morgan fingerprint density at radius 3 is 2.96 bits per heavy atom. The summed E-state index contributed by atoms with van der Waals surface area (Å²) in [5.41, 5.74) is 2.78. The van der Waals surface area contributed by atoms with Gasteiger partial charge in [-0.05, 0) is 42.5 Å². The molecule has 1 aromatic carbocycles. The smallest absolute Gasteiger partial charge is 0.258 e. The Morgan fingerprint density at radius 2 is 2.09 bits per heavy atom. The number of benzene rings is 1. The van der Waals surface area contributed by atoms with Crippen LogP contribution in [-0.4, -0.2) is 21.9 Å². The Morgan fingerprint density at radius 1 is 1.26 bits per heavy atom. The Labute approximate surface area is 142 Å². The van der Waals surface area contributed by atoms with E-state index in [1.165, 1.54) is 11.8 Å². The molecule has 1 aliphatic carbocycles. The number of hydrogen-bond acceptors (Lipinski definition) is 3. The van der Waals surface area contributed by atoms with Gasteiger partial charge in [0, 0.05) is 10.9 Å². The van der Waals surface area contributed by atoms with Gasteiger partial charge in [-0.2, -0.15) is 0 Å². The number of imidazole rings is 1. The number of amides is 1. The summed E-state index contributed by atoms with van der Waals surface area (Å²) in [5, 5.41) is 4.40. The molecule has 0 saturated heterocycles. The Bertz CT molecular complexity index is 896. The third kappa shape index (κ3) is 2.60. The number of H-pyrrole nitrogens is 1. The van der Waals surface area contributed by atoms with Crippen LogP contribution in [0.4, 0.5) is 0 Å². The highest BCUT2D eigenvalue weighted by atomic mass is 35.5. The minimum atomic E-state index is -0.0489. The van der Waals surface area contributed by atoms with Crippen LogP contribution >= 0.6 is 23.4 Å². The molecule has 2 aliphatic rings. The molecule has 4 rings (SSSR count). The lowest BCUT2D eigenvalue weighted by atomic mass is 9.86. The van der Waals surface area contributed by atoms with Crippen molar-refractivity contribution < 1.29 is 4.79 Å². The number of aromatic amines is 1. The van der Waals surface area contributed by atoms with E-state index in [1.807, 2.05) is 37.3 Å². The monoisotopic (exact) mass is 343 g/mol. The number of rotatable bonds is 2. The summed E-state index contributed by atoms with van der Waals surface area (Å²) in [6, 6.07) is 5.55. The van der Waals surface area contributed by atoms with Gasteiger partial charge in [-0.3, -0.25) is 4.79 Å². The first-order valence-electron chi connectivity index (χ1n) is 7.31. The van der Waals surface area contributed by atoms with E-state index in [9.17, 15) is 4.79 Å². The lowest BCUT2D eigenvalue weighted by molar-refractivity contribution is -0.117. The minimum Gasteiger partial charge on any atom is -0.344 e. The first-order chi connectivity index (χ1) is 11.1. The van der Waals surface area contributed by atoms with Gasteiger partial charge in [-0.1, -0.05) is 35.9 Å². The van der Waals surface area contributed by atoms with Crippen LogP contribution in [0.1, 0.15) is 6.92 Å². The summed E-state index contributed by atoms with van der Waals surface area (Å²) >= 11 is 7.37. The van der Waals surface area contributed by atoms with Crippen molar-refractivity contribution in [3.63, 3.8) is 0 Å². The highest BCUT2D eigenvalue weighted by molar-refractivity contribution is 8.03. The van der Waals surface area contributed by atoms with Crippen LogP contribution in [0.3, 0.4) is 0 Å². The van der Waals surface area contributed by atoms with Gasteiger partial charge in [0.25, 0.3) is 5.91 Å². The molecule has 6 heteroatoms. The molecule has 0 unspecified atom stereocenters. The first kappa shape index (κ1) is 14.6. The molecule has 0 radical (unpaired) electrons. The van der Waals surface area contributed by atoms with Crippen molar-refractivity contribution in [3.8, 4) is 0 Å². The zero-order valence-corrected chi connectivity index (χ0v) is 13.9. The van der Waals surface area contributed by atoms with Crippen LogP contribution in [0.5, 0.6) is 0 Å². The summed E-state index contributed by atoms with van der Waals surface area (Å²) in [6.45, 7) is 2.02. The highest BCUT2D eigenvalue weighted by Gasteiger charge is 2.32. The van der Waals surface area contributed by atoms with E-state index in [-0.39, 0.29) is 17.9 Å². The summed E-state index contributed by atoms with van der Waals surface area (Å²) in [7, 11) is 0. The predicted molar refractivity (Wildman–Crippen MR) is 93.4 cm³/mol. The van der Waals surface area contributed by atoms with Gasteiger partial charge in [0.2, 0.25) is 0 Å². The molecule has 2 aromatic rings. The van der Waals surface area contributed by atoms with Crippen LogP contribution in [0.2, 0.25) is 5.02 Å². The fourth-order valence-electron chi connectivity index (χ4n) is 2.94. The quantitative estimate of drug-likeness (QED) is 0.871. The van der Waals surface area contributed by atoms with Gasteiger partial charge < -0.3 is 10.3 Å². The fourth-order valence-corrected chi connectivity index (χ4v) is 4.06. The molecule has 0 bridgehead atoms. The van der Waals surface area contributed by atoms with E-state index < -0.39 is 0 Å². The molecule has 2 atom stereocenters. The third-order valence-electron chi connectivity index (χ3n) is 4.12. The van der Waals surface area contributed by atoms with E-state index in [1.54, 1.807) is 6.07 Å². The van der Waals surface area contributed by atoms with Gasteiger partial charge >= 0.3 is 0 Å². The zero-order valence-electron chi connectivity index (χ0n) is 12.3. The molecule has 116 valence electrons. The van der Waals surface area contributed by atoms with Gasteiger partial charge in [0.1, 0.15) is 0 Å². The number of nitrogens with one attached hydrogen (secondary N) is 2. The number of carbonyl (C=O) groups excluding carboxylic acids is 1. The van der Waals surface area contributed by atoms with E-state index in [0.717, 1.165) is 16.6 Å². The molecule has 0 saturated carbocycles. The number of allylic oxidation sites excluding steroid dienone is 2. The average Bonchev–Trinajstić information content (AvgIpc) is 2.93. The van der Waals surface area contributed by atoms with Gasteiger partial charge in [-0.15, -0.1) is 0 Å². The molecule has 23 heavy (non-hydrogen) atoms. The lowest BCUT2D eigenvalue weighted by Gasteiger charge is -2.32. The molecule has 1 aromatic heterocycles. The SMILES string of the molecule is CC1=C(Sc2nc3ccc(Cl)cc3[nH]2)C(=O)N[C@H]2C=CC=C[C@@H]12. The number of nitrogens with zero attached hydrogens (tertiary/aromatic N) is 1. The number of halogens is 1. The number of thioether (sulfide) groups is 1. The Balaban J connectivity index is 1.69. The predicted octanol–water partition coefficient (Wildman–Crippen LogP) is 3.82. The molecule has 1 aliphatic heterocycles. The maximum absolute atomic E-state index is 12.4. The van der Waals surface area contributed by atoms with Crippen molar-refractivity contribution in [1.82, 2.24) is 15.3 Å². The summed E-state index contributed by atoms with van der Waals surface area (Å²) in [4.78, 5) is 20.9. The van der Waals surface area contributed by atoms with Crippen molar-refractivity contribution >= 4 is 40.3 Å². The second-order valence-electron chi connectivity index (χ2n) is 5.61. The molecule has 2 N–H and O–H groups in total. The minimum absolute atomic E-state index is 0.0475. The van der Waals surface area contributed by atoms with Gasteiger partial charge in [0.15, 0.2) is 5.16 Å². The zero-order chi connectivity index (χ0) is 16.0. The standard InChI is InChI=1S/C17H14ClN3OS/c1-9-11-4-2-3-5-12(11)19-16(22)15(9)23-17-20-13-7-6-10(18)8-14(13)21-17/h2-8,11-12H,1H3,(H,19,22)(H,20,21)/t11-,12-/m0/s1. The highest BCUT2D eigenvalue weighted by Crippen LogP contribution is 2.36. The van der Waals surface area contributed by atoms with Crippen molar-refractivity contribution in [2.24, 2.45) is 5.92 Å². The van der Waals surface area contributed by atoms with E-state index in [4.69, 9.17) is 11.6 Å². The van der Waals surface area contributed by atoms with Crippen molar-refractivity contribution in [3.05, 3.63) is 58.0 Å². The second-order valence-corrected chi connectivity index (χ2v) is 7.05. The van der Waals surface area contributed by atoms with Gasteiger partial charge in [-0.25, -0.2) is 4.98 Å². The topological polar surface area (TPSA) is 57.8 Å². The summed E-state index contributed by atoms with van der Waals surface area (Å²) < 4.78 is 0. The molecule has 0 spiro atoms. The van der Waals surface area contributed by atoms with Crippen LogP contribution in [-0.2, 0) is 4.79 Å². The molecule has 4 nitrogen and oxygen atoms in total. The van der Waals surface area contributed by atoms with Crippen molar-refractivity contribution in [2.45, 2.75) is 18.1 Å². The van der Waals surface area contributed by atoms with Crippen LogP contribution in [0.15, 0.2) is 58.1 Å². The first-order valence-corrected chi connectivity index (χ1v) is 8.51. The normalized spacial score (nSPS) is 23.3. The fraction of sp³-hybridized carbons (Fsp3) is 0.176. The van der Waals surface area contributed by atoms with Crippen molar-refractivity contribution in [2.75, 3.05) is 0 Å². The molecular weight excluding hydrogens is 330 g/mol. The largest absolute Gasteiger partial charge is 0.344 e. The van der Waals surface area contributed by atoms with Crippen LogP contribution < -0.4 is 5.32 Å². The Hall–Kier alpha value is -1.98. The third-order valence-corrected chi connectivity index (χ3v) is 5.45. The lowest BCUT2D eigenvalue weighted by Crippen LogP contribution is -2.44. The maximum atomic E-state index is 12.4. The maximum Gasteiger partial charge on any atom is 0.258 e. The molecule has 2 heterocycles. The Kier molecular flexibility index (Phi) is 3.54. The van der Waals surface area contributed by atoms with Crippen LogP contribution in [0, 0.1) is 5.92 Å². The number of hydrogen-bond donors (Lipinski definition) is 2. The molecule has 0 fully saturated rings. The average molecular weight is 344 g/mol. The molecule has 1 amide bonds. The summed E-state index contributed by atoms with van der Waals surface area (Å²) in [5.74, 6) is 0.159. The van der Waals surface area contributed by atoms with Gasteiger partial charge in [0.05, 0.1) is 22.0 Å². The number of carbonyl (C=O) groups is 1. The number of fused-ring (bicyclic) bond motifs is 2. The summed E-state index contributed by atoms with van der Waals surface area (Å²) in [6.07, 6.45) is 8.14. The van der Waals surface area contributed by atoms with E-state index in [0.29, 0.717) is 15.1 Å². The molecular formula is C17H14ClN3OS. The van der Waals surface area contributed by atoms with E-state index >= 15 is 0 Å². The number of aromatic nitrogens is 2. The van der Waals surface area contributed by atoms with E-state index in [2.05, 4.69) is 21.4 Å². The second kappa shape index (κ2) is 5.58.